The Hall–Kier alpha value is -2.33. The van der Waals surface area contributed by atoms with Gasteiger partial charge < -0.3 is 10.6 Å². The molecule has 0 aromatic heterocycles. The molecule has 2 aromatic rings. The number of amides is 2. The number of hydrogen-bond acceptors (Lipinski definition) is 2. The first kappa shape index (κ1) is 15.1. The van der Waals surface area contributed by atoms with Crippen molar-refractivity contribution in [2.75, 3.05) is 5.32 Å². The Morgan fingerprint density at radius 1 is 0.952 bits per heavy atom. The topological polar surface area (TPSA) is 58.2 Å². The van der Waals surface area contributed by atoms with Crippen LogP contribution in [0.1, 0.15) is 18.5 Å². The minimum Gasteiger partial charge on any atom is -0.341 e. The van der Waals surface area contributed by atoms with Crippen molar-refractivity contribution in [3.8, 4) is 0 Å². The van der Waals surface area contributed by atoms with Crippen LogP contribution in [0.15, 0.2) is 54.6 Å². The number of hydrogen-bond donors (Lipinski definition) is 2. The van der Waals surface area contributed by atoms with Crippen LogP contribution in [0.5, 0.6) is 0 Å². The fourth-order valence-electron chi connectivity index (χ4n) is 1.83. The van der Waals surface area contributed by atoms with E-state index in [9.17, 15) is 9.59 Å². The summed E-state index contributed by atoms with van der Waals surface area (Å²) in [7, 11) is 0. The van der Waals surface area contributed by atoms with Gasteiger partial charge in [0.15, 0.2) is 0 Å². The Kier molecular flexibility index (Phi) is 4.95. The van der Waals surface area contributed by atoms with Gasteiger partial charge in [0.1, 0.15) is 0 Å². The minimum atomic E-state index is -0.745. The number of carbonyl (C=O) groups is 2. The van der Waals surface area contributed by atoms with E-state index in [4.69, 9.17) is 11.6 Å². The van der Waals surface area contributed by atoms with E-state index in [1.807, 2.05) is 37.3 Å². The molecule has 0 heterocycles. The highest BCUT2D eigenvalue weighted by Gasteiger charge is 2.17. The highest BCUT2D eigenvalue weighted by molar-refractivity contribution is 6.41. The van der Waals surface area contributed by atoms with E-state index in [0.717, 1.165) is 5.56 Å². The van der Waals surface area contributed by atoms with Crippen LogP contribution in [0.25, 0.3) is 0 Å². The molecule has 0 fully saturated rings. The molecule has 0 aliphatic heterocycles. The van der Waals surface area contributed by atoms with E-state index in [-0.39, 0.29) is 6.04 Å². The van der Waals surface area contributed by atoms with Gasteiger partial charge in [-0.3, -0.25) is 9.59 Å². The van der Waals surface area contributed by atoms with Crippen molar-refractivity contribution >= 4 is 29.1 Å². The van der Waals surface area contributed by atoms with E-state index in [1.165, 1.54) is 0 Å². The van der Waals surface area contributed by atoms with Crippen molar-refractivity contribution in [3.05, 3.63) is 65.2 Å². The number of rotatable bonds is 3. The van der Waals surface area contributed by atoms with Crippen LogP contribution in [0.4, 0.5) is 5.69 Å². The van der Waals surface area contributed by atoms with Crippen LogP contribution in [0, 0.1) is 0 Å². The van der Waals surface area contributed by atoms with Gasteiger partial charge in [0.25, 0.3) is 0 Å². The molecule has 0 unspecified atom stereocenters. The summed E-state index contributed by atoms with van der Waals surface area (Å²) in [6.45, 7) is 1.82. The summed E-state index contributed by atoms with van der Waals surface area (Å²) in [5, 5.41) is 5.51. The zero-order chi connectivity index (χ0) is 15.2. The molecule has 0 saturated carbocycles. The van der Waals surface area contributed by atoms with Gasteiger partial charge in [-0.15, -0.1) is 0 Å². The number of para-hydroxylation sites is 1. The third-order valence-electron chi connectivity index (χ3n) is 2.98. The first-order chi connectivity index (χ1) is 10.1. The molecule has 108 valence electrons. The molecule has 4 nitrogen and oxygen atoms in total. The van der Waals surface area contributed by atoms with Crippen LogP contribution in [0.2, 0.25) is 5.02 Å². The second-order valence-electron chi connectivity index (χ2n) is 4.54. The van der Waals surface area contributed by atoms with E-state index < -0.39 is 11.8 Å². The molecule has 1 atom stereocenters. The quantitative estimate of drug-likeness (QED) is 0.856. The van der Waals surface area contributed by atoms with Crippen molar-refractivity contribution in [2.45, 2.75) is 13.0 Å². The molecule has 0 spiro atoms. The predicted octanol–water partition coefficient (Wildman–Crippen LogP) is 3.16. The molecule has 2 aromatic carbocycles. The molecule has 2 rings (SSSR count). The Balaban J connectivity index is 1.97. The van der Waals surface area contributed by atoms with Crippen LogP contribution in [0.3, 0.4) is 0 Å². The molecule has 0 aliphatic rings. The van der Waals surface area contributed by atoms with Crippen molar-refractivity contribution in [3.63, 3.8) is 0 Å². The van der Waals surface area contributed by atoms with E-state index >= 15 is 0 Å². The van der Waals surface area contributed by atoms with Gasteiger partial charge in [-0.05, 0) is 24.6 Å². The Bertz CT molecular complexity index is 644. The number of anilines is 1. The molecule has 0 aliphatic carbocycles. The van der Waals surface area contributed by atoms with Gasteiger partial charge in [-0.1, -0.05) is 54.1 Å². The molecule has 0 bridgehead atoms. The van der Waals surface area contributed by atoms with Gasteiger partial charge in [0.05, 0.1) is 16.8 Å². The summed E-state index contributed by atoms with van der Waals surface area (Å²) in [5.41, 5.74) is 1.34. The smallest absolute Gasteiger partial charge is 0.313 e. The molecule has 0 saturated heterocycles. The van der Waals surface area contributed by atoms with Crippen LogP contribution < -0.4 is 10.6 Å². The summed E-state index contributed by atoms with van der Waals surface area (Å²) in [5.74, 6) is -1.45. The average Bonchev–Trinajstić information content (AvgIpc) is 2.50. The maximum absolute atomic E-state index is 11.9. The highest BCUT2D eigenvalue weighted by Crippen LogP contribution is 2.20. The zero-order valence-corrected chi connectivity index (χ0v) is 12.2. The molecule has 0 radical (unpaired) electrons. The molecule has 2 amide bonds. The number of benzene rings is 2. The van der Waals surface area contributed by atoms with Crippen LogP contribution in [-0.4, -0.2) is 11.8 Å². The number of nitrogens with one attached hydrogen (secondary N) is 2. The molecule has 5 heteroatoms. The first-order valence-electron chi connectivity index (χ1n) is 6.49. The van der Waals surface area contributed by atoms with Crippen LogP contribution >= 0.6 is 11.6 Å². The second kappa shape index (κ2) is 6.90. The van der Waals surface area contributed by atoms with Gasteiger partial charge in [0.2, 0.25) is 0 Å². The monoisotopic (exact) mass is 302 g/mol. The van der Waals surface area contributed by atoms with Crippen LogP contribution in [-0.2, 0) is 9.59 Å². The SMILES string of the molecule is C[C@H](NC(=O)C(=O)Nc1ccccc1Cl)c1ccccc1. The van der Waals surface area contributed by atoms with Gasteiger partial charge >= 0.3 is 11.8 Å². The summed E-state index contributed by atoms with van der Waals surface area (Å²) in [6, 6.07) is 15.9. The minimum absolute atomic E-state index is 0.254. The maximum atomic E-state index is 11.9. The van der Waals surface area contributed by atoms with Crippen molar-refractivity contribution in [1.82, 2.24) is 5.32 Å². The second-order valence-corrected chi connectivity index (χ2v) is 4.95. The summed E-state index contributed by atoms with van der Waals surface area (Å²) < 4.78 is 0. The van der Waals surface area contributed by atoms with Crippen molar-refractivity contribution in [1.29, 1.82) is 0 Å². The molecule has 2 N–H and O–H groups in total. The lowest BCUT2D eigenvalue weighted by molar-refractivity contribution is -0.136. The van der Waals surface area contributed by atoms with Gasteiger partial charge in [0, 0.05) is 0 Å². The van der Waals surface area contributed by atoms with Crippen molar-refractivity contribution in [2.24, 2.45) is 0 Å². The Morgan fingerprint density at radius 3 is 2.24 bits per heavy atom. The zero-order valence-electron chi connectivity index (χ0n) is 11.5. The normalized spacial score (nSPS) is 11.5. The molecular weight excluding hydrogens is 288 g/mol. The summed E-state index contributed by atoms with van der Waals surface area (Å²) >= 11 is 5.93. The Labute approximate surface area is 128 Å². The largest absolute Gasteiger partial charge is 0.341 e. The standard InChI is InChI=1S/C16H15ClN2O2/c1-11(12-7-3-2-4-8-12)18-15(20)16(21)19-14-10-6-5-9-13(14)17/h2-11H,1H3,(H,18,20)(H,19,21)/t11-/m0/s1. The fourth-order valence-corrected chi connectivity index (χ4v) is 2.01. The van der Waals surface area contributed by atoms with E-state index in [2.05, 4.69) is 10.6 Å². The third kappa shape index (κ3) is 4.07. The lowest BCUT2D eigenvalue weighted by atomic mass is 10.1. The van der Waals surface area contributed by atoms with Gasteiger partial charge in [-0.2, -0.15) is 0 Å². The molecule has 21 heavy (non-hydrogen) atoms. The summed E-state index contributed by atoms with van der Waals surface area (Å²) in [6.07, 6.45) is 0. The lowest BCUT2D eigenvalue weighted by Gasteiger charge is -2.14. The number of halogens is 1. The maximum Gasteiger partial charge on any atom is 0.313 e. The first-order valence-corrected chi connectivity index (χ1v) is 6.87. The fraction of sp³-hybridized carbons (Fsp3) is 0.125. The van der Waals surface area contributed by atoms with E-state index in [1.54, 1.807) is 24.3 Å². The van der Waals surface area contributed by atoms with E-state index in [0.29, 0.717) is 10.7 Å². The summed E-state index contributed by atoms with van der Waals surface area (Å²) in [4.78, 5) is 23.7. The highest BCUT2D eigenvalue weighted by atomic mass is 35.5. The third-order valence-corrected chi connectivity index (χ3v) is 3.31. The lowest BCUT2D eigenvalue weighted by Crippen LogP contribution is -2.36. The van der Waals surface area contributed by atoms with Gasteiger partial charge in [-0.25, -0.2) is 0 Å². The predicted molar refractivity (Wildman–Crippen MR) is 83.1 cm³/mol. The van der Waals surface area contributed by atoms with Crippen molar-refractivity contribution < 1.29 is 9.59 Å². The average molecular weight is 303 g/mol. The number of carbonyl (C=O) groups excluding carboxylic acids is 2. The Morgan fingerprint density at radius 2 is 1.57 bits per heavy atom. The molecular formula is C16H15ClN2O2.